The molecule has 0 amide bonds. The van der Waals surface area contributed by atoms with Crippen LogP contribution >= 0.6 is 11.8 Å². The maximum absolute atomic E-state index is 10.7. The second kappa shape index (κ2) is 7.19. The summed E-state index contributed by atoms with van der Waals surface area (Å²) in [6.07, 6.45) is 6.43. The number of aromatic nitrogens is 1. The number of hydrogen-bond donors (Lipinski definition) is 1. The maximum Gasteiger partial charge on any atom is 0.185 e. The van der Waals surface area contributed by atoms with E-state index in [0.717, 1.165) is 23.4 Å². The van der Waals surface area contributed by atoms with Crippen LogP contribution in [0.5, 0.6) is 0 Å². The van der Waals surface area contributed by atoms with E-state index < -0.39 is 0 Å². The topological polar surface area (TPSA) is 50.2 Å². The van der Waals surface area contributed by atoms with Crippen molar-refractivity contribution in [1.29, 1.82) is 0 Å². The molecule has 0 saturated heterocycles. The molecule has 1 aromatic heterocycles. The lowest BCUT2D eigenvalue weighted by molar-refractivity contribution is -0.109. The van der Waals surface area contributed by atoms with Gasteiger partial charge >= 0.3 is 0 Å². The van der Waals surface area contributed by atoms with E-state index in [4.69, 9.17) is 5.11 Å². The summed E-state index contributed by atoms with van der Waals surface area (Å²) < 4.78 is 0. The molecule has 0 spiro atoms. The molecule has 0 aliphatic carbocycles. The predicted octanol–water partition coefficient (Wildman–Crippen LogP) is 2.26. The molecule has 1 rings (SSSR count). The van der Waals surface area contributed by atoms with Gasteiger partial charge in [0.15, 0.2) is 5.12 Å². The fourth-order valence-corrected chi connectivity index (χ4v) is 1.64. The van der Waals surface area contributed by atoms with Crippen molar-refractivity contribution in [3.8, 4) is 0 Å². The third-order valence-corrected chi connectivity index (χ3v) is 2.75. The highest BCUT2D eigenvalue weighted by Gasteiger charge is 1.92. The minimum Gasteiger partial charge on any atom is -0.392 e. The number of aliphatic hydroxyl groups is 1. The van der Waals surface area contributed by atoms with Gasteiger partial charge in [0.2, 0.25) is 0 Å². The van der Waals surface area contributed by atoms with Crippen LogP contribution in [0.3, 0.4) is 0 Å². The summed E-state index contributed by atoms with van der Waals surface area (Å²) in [5, 5.41) is 8.99. The Labute approximate surface area is 99.6 Å². The highest BCUT2D eigenvalue weighted by molar-refractivity contribution is 8.13. The van der Waals surface area contributed by atoms with Crippen molar-refractivity contribution in [2.24, 2.45) is 0 Å². The smallest absolute Gasteiger partial charge is 0.185 e. The average Bonchev–Trinajstić information content (AvgIpc) is 2.29. The Morgan fingerprint density at radius 3 is 2.94 bits per heavy atom. The molecule has 4 heteroatoms. The molecule has 0 aliphatic rings. The van der Waals surface area contributed by atoms with Gasteiger partial charge in [0, 0.05) is 18.9 Å². The van der Waals surface area contributed by atoms with Gasteiger partial charge in [-0.05, 0) is 24.1 Å². The summed E-state index contributed by atoms with van der Waals surface area (Å²) in [5.41, 5.74) is 1.68. The van der Waals surface area contributed by atoms with E-state index in [2.05, 4.69) is 4.98 Å². The van der Waals surface area contributed by atoms with Crippen molar-refractivity contribution in [2.45, 2.75) is 20.0 Å². The zero-order valence-electron chi connectivity index (χ0n) is 9.22. The van der Waals surface area contributed by atoms with Gasteiger partial charge < -0.3 is 5.11 Å². The molecule has 0 bridgehead atoms. The molecule has 0 fully saturated rings. The molecular weight excluding hydrogens is 222 g/mol. The molecule has 0 atom stereocenters. The Morgan fingerprint density at radius 2 is 2.38 bits per heavy atom. The zero-order valence-corrected chi connectivity index (χ0v) is 10.0. The van der Waals surface area contributed by atoms with Crippen molar-refractivity contribution in [2.75, 3.05) is 5.75 Å². The summed E-state index contributed by atoms with van der Waals surface area (Å²) in [4.78, 5) is 14.8. The van der Waals surface area contributed by atoms with Crippen molar-refractivity contribution in [3.05, 3.63) is 35.7 Å². The van der Waals surface area contributed by atoms with E-state index in [1.54, 1.807) is 13.1 Å². The summed E-state index contributed by atoms with van der Waals surface area (Å²) in [6.45, 7) is 1.59. The third kappa shape index (κ3) is 5.09. The highest BCUT2D eigenvalue weighted by Crippen LogP contribution is 2.06. The molecule has 1 heterocycles. The molecule has 0 unspecified atom stereocenters. The number of pyridine rings is 1. The second-order valence-corrected chi connectivity index (χ2v) is 4.55. The average molecular weight is 237 g/mol. The quantitative estimate of drug-likeness (QED) is 0.798. The lowest BCUT2D eigenvalue weighted by Gasteiger charge is -1.96. The van der Waals surface area contributed by atoms with Crippen LogP contribution in [0.15, 0.2) is 24.4 Å². The first-order valence-electron chi connectivity index (χ1n) is 5.08. The molecule has 16 heavy (non-hydrogen) atoms. The van der Waals surface area contributed by atoms with E-state index in [1.807, 2.05) is 24.3 Å². The molecule has 1 N–H and O–H groups in total. The van der Waals surface area contributed by atoms with Crippen molar-refractivity contribution in [3.63, 3.8) is 0 Å². The Hall–Kier alpha value is -1.13. The number of nitrogens with zero attached hydrogens (tertiary/aromatic N) is 1. The van der Waals surface area contributed by atoms with Crippen molar-refractivity contribution >= 4 is 23.0 Å². The Balaban J connectivity index is 2.35. The van der Waals surface area contributed by atoms with Crippen molar-refractivity contribution < 1.29 is 9.90 Å². The maximum atomic E-state index is 10.7. The number of hydrogen-bond acceptors (Lipinski definition) is 4. The molecule has 0 aromatic carbocycles. The summed E-state index contributed by atoms with van der Waals surface area (Å²) >= 11 is 1.33. The molecule has 0 radical (unpaired) electrons. The van der Waals surface area contributed by atoms with Crippen LogP contribution in [0.25, 0.3) is 6.08 Å². The number of allylic oxidation sites excluding steroid dienone is 1. The standard InChI is InChI=1S/C12H15NO2S/c1-10(15)16-7-3-2-4-12-6-5-11(9-14)8-13-12/h2,4-6,8,14H,3,7,9H2,1H3. The van der Waals surface area contributed by atoms with Crippen LogP contribution in [0, 0.1) is 0 Å². The minimum absolute atomic E-state index is 0.0201. The van der Waals surface area contributed by atoms with E-state index in [9.17, 15) is 4.79 Å². The van der Waals surface area contributed by atoms with Gasteiger partial charge in [0.05, 0.1) is 12.3 Å². The van der Waals surface area contributed by atoms with E-state index in [1.165, 1.54) is 11.8 Å². The van der Waals surface area contributed by atoms with Crippen LogP contribution in [-0.2, 0) is 11.4 Å². The van der Waals surface area contributed by atoms with E-state index >= 15 is 0 Å². The largest absolute Gasteiger partial charge is 0.392 e. The van der Waals surface area contributed by atoms with Crippen LogP contribution in [0.2, 0.25) is 0 Å². The lowest BCUT2D eigenvalue weighted by Crippen LogP contribution is -1.87. The molecule has 0 saturated carbocycles. The third-order valence-electron chi connectivity index (χ3n) is 1.91. The summed E-state index contributed by atoms with van der Waals surface area (Å²) in [7, 11) is 0. The Morgan fingerprint density at radius 1 is 1.56 bits per heavy atom. The first-order valence-corrected chi connectivity index (χ1v) is 6.06. The van der Waals surface area contributed by atoms with Crippen LogP contribution < -0.4 is 0 Å². The van der Waals surface area contributed by atoms with Gasteiger partial charge in [-0.15, -0.1) is 0 Å². The Kier molecular flexibility index (Phi) is 5.82. The van der Waals surface area contributed by atoms with Gasteiger partial charge in [-0.25, -0.2) is 0 Å². The van der Waals surface area contributed by atoms with Gasteiger partial charge in [0.25, 0.3) is 0 Å². The van der Waals surface area contributed by atoms with E-state index in [-0.39, 0.29) is 11.7 Å². The monoisotopic (exact) mass is 237 g/mol. The number of aliphatic hydroxyl groups excluding tert-OH is 1. The summed E-state index contributed by atoms with van der Waals surface area (Å²) in [5.74, 6) is 0.806. The van der Waals surface area contributed by atoms with Gasteiger partial charge in [-0.3, -0.25) is 9.78 Å². The lowest BCUT2D eigenvalue weighted by atomic mass is 10.2. The van der Waals surface area contributed by atoms with Gasteiger partial charge in [-0.2, -0.15) is 0 Å². The number of rotatable bonds is 5. The van der Waals surface area contributed by atoms with E-state index in [0.29, 0.717) is 0 Å². The molecule has 3 nitrogen and oxygen atoms in total. The molecule has 0 aliphatic heterocycles. The normalized spacial score (nSPS) is 10.9. The van der Waals surface area contributed by atoms with Crippen molar-refractivity contribution in [1.82, 2.24) is 4.98 Å². The Bertz CT molecular complexity index is 360. The predicted molar refractivity (Wildman–Crippen MR) is 66.9 cm³/mol. The number of carbonyl (C=O) groups excluding carboxylic acids is 1. The molecular formula is C12H15NO2S. The molecule has 86 valence electrons. The van der Waals surface area contributed by atoms with Crippen LogP contribution in [0.4, 0.5) is 0 Å². The first kappa shape index (κ1) is 12.9. The summed E-state index contributed by atoms with van der Waals surface area (Å²) in [6, 6.07) is 3.71. The second-order valence-electron chi connectivity index (χ2n) is 3.28. The highest BCUT2D eigenvalue weighted by atomic mass is 32.2. The number of carbonyl (C=O) groups is 1. The van der Waals surface area contributed by atoms with Gasteiger partial charge in [0.1, 0.15) is 0 Å². The van der Waals surface area contributed by atoms with Crippen LogP contribution in [0.1, 0.15) is 24.6 Å². The minimum atomic E-state index is 0.0201. The zero-order chi connectivity index (χ0) is 11.8. The number of thioether (sulfide) groups is 1. The first-order chi connectivity index (χ1) is 7.72. The molecule has 1 aromatic rings. The van der Waals surface area contributed by atoms with Crippen LogP contribution in [-0.4, -0.2) is 21.0 Å². The fourth-order valence-electron chi connectivity index (χ4n) is 1.10. The fraction of sp³-hybridized carbons (Fsp3) is 0.333. The SMILES string of the molecule is CC(=O)SCCC=Cc1ccc(CO)cn1. The van der Waals surface area contributed by atoms with Gasteiger partial charge in [-0.1, -0.05) is 23.9 Å².